The maximum atomic E-state index is 12.7. The second-order valence-corrected chi connectivity index (χ2v) is 12.5. The largest absolute Gasteiger partial charge is 0.481 e. The first-order valence-corrected chi connectivity index (χ1v) is 14.9. The van der Waals surface area contributed by atoms with Crippen LogP contribution in [0.4, 0.5) is 5.13 Å². The zero-order chi connectivity index (χ0) is 23.5. The van der Waals surface area contributed by atoms with Gasteiger partial charge in [-0.2, -0.15) is 0 Å². The first-order valence-electron chi connectivity index (χ1n) is 13.1. The Bertz CT molecular complexity index is 725. The highest BCUT2D eigenvalue weighted by molar-refractivity contribution is 8.01. The Morgan fingerprint density at radius 1 is 1.09 bits per heavy atom. The second-order valence-electron chi connectivity index (χ2n) is 10.1. The van der Waals surface area contributed by atoms with E-state index in [1.165, 1.54) is 100 Å². The lowest BCUT2D eigenvalue weighted by atomic mass is 9.71. The number of thiazole rings is 1. The summed E-state index contributed by atoms with van der Waals surface area (Å²) >= 11 is 2.91. The van der Waals surface area contributed by atoms with Crippen LogP contribution in [0.3, 0.4) is 0 Å². The van der Waals surface area contributed by atoms with Crippen molar-refractivity contribution in [3.8, 4) is 0 Å². The zero-order valence-electron chi connectivity index (χ0n) is 20.2. The zero-order valence-corrected chi connectivity index (χ0v) is 21.9. The van der Waals surface area contributed by atoms with Crippen molar-refractivity contribution in [2.45, 2.75) is 107 Å². The lowest BCUT2D eigenvalue weighted by Crippen LogP contribution is -2.24. The number of carboxylic acids is 1. The second kappa shape index (κ2) is 14.3. The van der Waals surface area contributed by atoms with Gasteiger partial charge in [0.25, 0.3) is 0 Å². The molecule has 2 saturated carbocycles. The fraction of sp³-hybridized carbons (Fsp3) is 0.808. The highest BCUT2D eigenvalue weighted by Crippen LogP contribution is 2.40. The lowest BCUT2D eigenvalue weighted by molar-refractivity contribution is -0.136. The topological polar surface area (TPSA) is 79.3 Å². The molecule has 7 heteroatoms. The van der Waals surface area contributed by atoms with Gasteiger partial charge in [-0.25, -0.2) is 4.98 Å². The molecule has 33 heavy (non-hydrogen) atoms. The van der Waals surface area contributed by atoms with Gasteiger partial charge < -0.3 is 10.4 Å². The Labute approximate surface area is 207 Å². The van der Waals surface area contributed by atoms with E-state index in [1.54, 1.807) is 6.20 Å². The summed E-state index contributed by atoms with van der Waals surface area (Å²) in [6.45, 7) is 2.32. The van der Waals surface area contributed by atoms with Crippen LogP contribution < -0.4 is 5.32 Å². The van der Waals surface area contributed by atoms with Gasteiger partial charge in [0, 0.05) is 12.2 Å². The van der Waals surface area contributed by atoms with Crippen molar-refractivity contribution in [3.05, 3.63) is 6.20 Å². The van der Waals surface area contributed by atoms with E-state index in [0.717, 1.165) is 28.4 Å². The smallest absolute Gasteiger partial charge is 0.304 e. The third-order valence-corrected chi connectivity index (χ3v) is 9.95. The van der Waals surface area contributed by atoms with Crippen LogP contribution in [0.1, 0.15) is 103 Å². The third kappa shape index (κ3) is 9.59. The maximum Gasteiger partial charge on any atom is 0.304 e. The van der Waals surface area contributed by atoms with Gasteiger partial charge >= 0.3 is 5.97 Å². The summed E-state index contributed by atoms with van der Waals surface area (Å²) in [5.74, 6) is 3.09. The molecule has 1 atom stereocenters. The van der Waals surface area contributed by atoms with Gasteiger partial charge in [-0.15, -0.1) is 11.8 Å². The lowest BCUT2D eigenvalue weighted by Gasteiger charge is -2.35. The van der Waals surface area contributed by atoms with E-state index < -0.39 is 5.97 Å². The van der Waals surface area contributed by atoms with Crippen molar-refractivity contribution in [3.63, 3.8) is 0 Å². The number of amides is 1. The van der Waals surface area contributed by atoms with Crippen molar-refractivity contribution >= 4 is 40.1 Å². The average molecular weight is 495 g/mol. The Hall–Kier alpha value is -1.08. The number of carboxylic acid groups (broad SMARTS) is 1. The quantitative estimate of drug-likeness (QED) is 0.276. The minimum atomic E-state index is -0.790. The van der Waals surface area contributed by atoms with E-state index in [4.69, 9.17) is 5.11 Å². The predicted molar refractivity (Wildman–Crippen MR) is 138 cm³/mol. The first-order chi connectivity index (χ1) is 16.0. The SMILES string of the molecule is CCC1CCC(C(CCC(=O)Nc2ncc(SCCC(=O)O)s2)CCC2CCCCC2)CC1. The molecule has 1 unspecified atom stereocenters. The Morgan fingerprint density at radius 2 is 1.85 bits per heavy atom. The van der Waals surface area contributed by atoms with Crippen molar-refractivity contribution in [1.29, 1.82) is 0 Å². The molecule has 2 aliphatic carbocycles. The number of thioether (sulfide) groups is 1. The normalized spacial score (nSPS) is 22.7. The molecule has 2 aliphatic rings. The number of nitrogens with one attached hydrogen (secondary N) is 1. The van der Waals surface area contributed by atoms with Crippen molar-refractivity contribution in [2.75, 3.05) is 11.1 Å². The summed E-state index contributed by atoms with van der Waals surface area (Å²) in [4.78, 5) is 27.7. The molecular weight excluding hydrogens is 452 g/mol. The molecule has 5 nitrogen and oxygen atoms in total. The number of carbonyl (C=O) groups is 2. The molecule has 186 valence electrons. The Morgan fingerprint density at radius 3 is 2.55 bits per heavy atom. The van der Waals surface area contributed by atoms with E-state index in [2.05, 4.69) is 17.2 Å². The Balaban J connectivity index is 1.46. The van der Waals surface area contributed by atoms with Gasteiger partial charge in [0.05, 0.1) is 16.8 Å². The van der Waals surface area contributed by atoms with Gasteiger partial charge in [-0.1, -0.05) is 76.0 Å². The number of anilines is 1. The molecule has 1 aromatic heterocycles. The van der Waals surface area contributed by atoms with Crippen molar-refractivity contribution in [2.24, 2.45) is 23.7 Å². The summed E-state index contributed by atoms with van der Waals surface area (Å²) in [7, 11) is 0. The summed E-state index contributed by atoms with van der Waals surface area (Å²) in [5.41, 5.74) is 0. The van der Waals surface area contributed by atoms with Crippen molar-refractivity contribution in [1.82, 2.24) is 4.98 Å². The van der Waals surface area contributed by atoms with Gasteiger partial charge in [0.1, 0.15) is 0 Å². The molecule has 1 aromatic rings. The number of aromatic nitrogens is 1. The highest BCUT2D eigenvalue weighted by atomic mass is 32.2. The van der Waals surface area contributed by atoms with Crippen LogP contribution in [0.2, 0.25) is 0 Å². The standard InChI is InChI=1S/C26H42N2O3S2/c1-2-19-8-11-21(12-9-19)22(13-10-20-6-4-3-5-7-20)14-15-23(29)28-26-27-18-25(33-26)32-17-16-24(30)31/h18-22H,2-17H2,1H3,(H,30,31)(H,27,28,29). The highest BCUT2D eigenvalue weighted by Gasteiger charge is 2.28. The molecule has 3 rings (SSSR count). The molecule has 2 fully saturated rings. The minimum absolute atomic E-state index is 0.0661. The van der Waals surface area contributed by atoms with E-state index in [1.807, 2.05) is 0 Å². The fourth-order valence-electron chi connectivity index (χ4n) is 5.73. The summed E-state index contributed by atoms with van der Waals surface area (Å²) in [6, 6.07) is 0. The Kier molecular flexibility index (Phi) is 11.5. The number of rotatable bonds is 13. The van der Waals surface area contributed by atoms with Crippen LogP contribution in [-0.2, 0) is 9.59 Å². The molecule has 0 spiro atoms. The summed E-state index contributed by atoms with van der Waals surface area (Å²) in [6.07, 6.45) is 19.9. The monoisotopic (exact) mass is 494 g/mol. The van der Waals surface area contributed by atoms with E-state index in [-0.39, 0.29) is 12.3 Å². The fourth-order valence-corrected chi connectivity index (χ4v) is 7.62. The van der Waals surface area contributed by atoms with E-state index in [0.29, 0.717) is 23.2 Å². The molecule has 0 aromatic carbocycles. The summed E-state index contributed by atoms with van der Waals surface area (Å²) < 4.78 is 0.949. The van der Waals surface area contributed by atoms with Crippen LogP contribution in [0.25, 0.3) is 0 Å². The van der Waals surface area contributed by atoms with Crippen LogP contribution in [0.5, 0.6) is 0 Å². The third-order valence-electron chi connectivity index (χ3n) is 7.84. The molecule has 0 saturated heterocycles. The molecule has 2 N–H and O–H groups in total. The molecular formula is C26H42N2O3S2. The van der Waals surface area contributed by atoms with Gasteiger partial charge in [0.15, 0.2) is 5.13 Å². The number of carbonyl (C=O) groups excluding carboxylic acids is 1. The molecule has 0 aliphatic heterocycles. The van der Waals surface area contributed by atoms with Gasteiger partial charge in [0.2, 0.25) is 5.91 Å². The predicted octanol–water partition coefficient (Wildman–Crippen LogP) is 7.62. The minimum Gasteiger partial charge on any atom is -0.481 e. The molecule has 0 radical (unpaired) electrons. The van der Waals surface area contributed by atoms with Gasteiger partial charge in [-0.05, 0) is 49.4 Å². The summed E-state index contributed by atoms with van der Waals surface area (Å²) in [5, 5.41) is 12.4. The molecule has 1 heterocycles. The molecule has 0 bridgehead atoms. The van der Waals surface area contributed by atoms with Crippen LogP contribution in [0, 0.1) is 23.7 Å². The van der Waals surface area contributed by atoms with Gasteiger partial charge in [-0.3, -0.25) is 9.59 Å². The average Bonchev–Trinajstić information content (AvgIpc) is 3.26. The molecule has 1 amide bonds. The van der Waals surface area contributed by atoms with Crippen LogP contribution >= 0.6 is 23.1 Å². The number of aliphatic carboxylic acids is 1. The van der Waals surface area contributed by atoms with Crippen molar-refractivity contribution < 1.29 is 14.7 Å². The number of hydrogen-bond donors (Lipinski definition) is 2. The number of hydrogen-bond acceptors (Lipinski definition) is 5. The van der Waals surface area contributed by atoms with Crippen LogP contribution in [0.15, 0.2) is 10.4 Å². The van der Waals surface area contributed by atoms with E-state index >= 15 is 0 Å². The van der Waals surface area contributed by atoms with E-state index in [9.17, 15) is 9.59 Å². The maximum absolute atomic E-state index is 12.7. The first kappa shape index (κ1) is 26.5. The number of nitrogens with zero attached hydrogens (tertiary/aromatic N) is 1. The van der Waals surface area contributed by atoms with Crippen LogP contribution in [-0.4, -0.2) is 27.7 Å².